The number of amidine groups is 1. The molecule has 1 aromatic heterocycles. The Hall–Kier alpha value is -4.58. The van der Waals surface area contributed by atoms with E-state index in [1.807, 2.05) is 24.3 Å². The van der Waals surface area contributed by atoms with Crippen molar-refractivity contribution in [2.24, 2.45) is 4.99 Å². The molecule has 3 aromatic carbocycles. The number of aromatic nitrogens is 3. The Morgan fingerprint density at radius 2 is 1.84 bits per heavy atom. The molecular weight excluding hydrogens is 601 g/mol. The van der Waals surface area contributed by atoms with Crippen molar-refractivity contribution >= 4 is 34.7 Å². The summed E-state index contributed by atoms with van der Waals surface area (Å²) in [6, 6.07) is 19.0. The summed E-state index contributed by atoms with van der Waals surface area (Å²) >= 11 is 1.59. The van der Waals surface area contributed by atoms with Gasteiger partial charge in [-0.05, 0) is 79.3 Å². The number of aryl methyl sites for hydroxylation is 1. The predicted molar refractivity (Wildman–Crippen MR) is 173 cm³/mol. The molecule has 1 unspecified atom stereocenters. The first-order valence-corrected chi connectivity index (χ1v) is 15.4. The van der Waals surface area contributed by atoms with Crippen LogP contribution in [0.25, 0.3) is 23.2 Å². The summed E-state index contributed by atoms with van der Waals surface area (Å²) in [6.07, 6.45) is 1.06. The van der Waals surface area contributed by atoms with Crippen LogP contribution in [-0.4, -0.2) is 44.1 Å². The van der Waals surface area contributed by atoms with Crippen LogP contribution in [0, 0.1) is 6.92 Å². The Labute approximate surface area is 264 Å². The number of nitrogens with zero attached hydrogens (tertiary/aromatic N) is 5. The highest BCUT2D eigenvalue weighted by molar-refractivity contribution is 8.14. The fourth-order valence-corrected chi connectivity index (χ4v) is 6.08. The summed E-state index contributed by atoms with van der Waals surface area (Å²) in [7, 11) is 0. The third-order valence-electron chi connectivity index (χ3n) is 7.16. The number of hydrogen-bond donors (Lipinski definition) is 1. The van der Waals surface area contributed by atoms with Crippen molar-refractivity contribution in [1.29, 1.82) is 0 Å². The molecule has 0 saturated carbocycles. The van der Waals surface area contributed by atoms with Gasteiger partial charge in [-0.2, -0.15) is 4.99 Å². The highest BCUT2D eigenvalue weighted by atomic mass is 32.2. The molecule has 1 aliphatic heterocycles. The van der Waals surface area contributed by atoms with Crippen LogP contribution in [0.4, 0.5) is 23.7 Å². The largest absolute Gasteiger partial charge is 0.573 e. The van der Waals surface area contributed by atoms with Gasteiger partial charge in [0.2, 0.25) is 0 Å². The van der Waals surface area contributed by atoms with Gasteiger partial charge in [-0.25, -0.2) is 14.5 Å². The second-order valence-corrected chi connectivity index (χ2v) is 12.0. The van der Waals surface area contributed by atoms with Crippen molar-refractivity contribution in [1.82, 2.24) is 20.1 Å². The van der Waals surface area contributed by atoms with E-state index in [1.54, 1.807) is 24.0 Å². The van der Waals surface area contributed by atoms with Gasteiger partial charge in [-0.3, -0.25) is 0 Å². The van der Waals surface area contributed by atoms with E-state index in [9.17, 15) is 18.0 Å². The van der Waals surface area contributed by atoms with Gasteiger partial charge in [0.05, 0.1) is 5.69 Å². The molecule has 2 heterocycles. The molecule has 8 nitrogen and oxygen atoms in total. The van der Waals surface area contributed by atoms with Crippen molar-refractivity contribution in [2.75, 3.05) is 10.7 Å². The number of rotatable bonds is 7. The van der Waals surface area contributed by atoms with Gasteiger partial charge in [-0.15, -0.1) is 18.3 Å². The standard InChI is InChI=1S/C33H33F3N6O2S/c1-21(2)28-14-5-22(3)19-29(28)42-23(4)16-18-45-32(42)39-31(43)37-17-15-24-6-8-25(9-7-24)30-38-20-41(40-30)26-10-12-27(13-11-26)44-33(34,35)36/h5-15,17,19-21,23H,16,18H2,1-4H3,(H,37,43)/b17-15+,39-32?. The Morgan fingerprint density at radius 1 is 1.11 bits per heavy atom. The van der Waals surface area contributed by atoms with Gasteiger partial charge in [0.1, 0.15) is 12.1 Å². The fourth-order valence-electron chi connectivity index (χ4n) is 4.88. The molecule has 2 amide bonds. The van der Waals surface area contributed by atoms with Crippen molar-refractivity contribution < 1.29 is 22.7 Å². The number of carbonyl (C=O) groups excluding carboxylic acids is 1. The number of alkyl halides is 3. The number of nitrogens with one attached hydrogen (secondary N) is 1. The maximum atomic E-state index is 12.8. The summed E-state index contributed by atoms with van der Waals surface area (Å²) in [5, 5.41) is 7.87. The lowest BCUT2D eigenvalue weighted by Gasteiger charge is -2.37. The van der Waals surface area contributed by atoms with E-state index in [2.05, 4.69) is 75.9 Å². The number of urea groups is 1. The minimum atomic E-state index is -4.75. The SMILES string of the molecule is Cc1ccc(C(C)C)c(N2C(=NC(=O)N/C=C/c3ccc(-c4ncn(-c5ccc(OC(F)(F)F)cc5)n4)cc3)SCCC2C)c1. The van der Waals surface area contributed by atoms with Crippen LogP contribution in [0.15, 0.2) is 84.2 Å². The normalized spacial score (nSPS) is 16.5. The smallest absolute Gasteiger partial charge is 0.406 e. The quantitative estimate of drug-likeness (QED) is 0.220. The van der Waals surface area contributed by atoms with E-state index in [1.165, 1.54) is 40.8 Å². The topological polar surface area (TPSA) is 84.6 Å². The molecule has 0 aliphatic carbocycles. The number of hydrogen-bond acceptors (Lipinski definition) is 5. The van der Waals surface area contributed by atoms with Gasteiger partial charge in [0, 0.05) is 29.2 Å². The molecule has 1 saturated heterocycles. The third-order valence-corrected chi connectivity index (χ3v) is 8.14. The number of carbonyl (C=O) groups is 1. The lowest BCUT2D eigenvalue weighted by atomic mass is 9.98. The van der Waals surface area contributed by atoms with Crippen LogP contribution in [0.5, 0.6) is 5.75 Å². The van der Waals surface area contributed by atoms with Crippen molar-refractivity contribution in [2.45, 2.75) is 52.4 Å². The number of benzene rings is 3. The Bertz CT molecular complexity index is 1700. The maximum Gasteiger partial charge on any atom is 0.573 e. The van der Waals surface area contributed by atoms with E-state index in [4.69, 9.17) is 0 Å². The highest BCUT2D eigenvalue weighted by Crippen LogP contribution is 2.35. The van der Waals surface area contributed by atoms with Crippen LogP contribution in [0.2, 0.25) is 0 Å². The van der Waals surface area contributed by atoms with E-state index in [0.29, 0.717) is 22.6 Å². The lowest BCUT2D eigenvalue weighted by Crippen LogP contribution is -2.42. The third kappa shape index (κ3) is 8.13. The Balaban J connectivity index is 1.23. The summed E-state index contributed by atoms with van der Waals surface area (Å²) in [4.78, 5) is 23.8. The zero-order valence-electron chi connectivity index (χ0n) is 25.2. The van der Waals surface area contributed by atoms with Crippen LogP contribution in [0.3, 0.4) is 0 Å². The van der Waals surface area contributed by atoms with Gasteiger partial charge >= 0.3 is 12.4 Å². The zero-order valence-corrected chi connectivity index (χ0v) is 26.1. The maximum absolute atomic E-state index is 12.8. The molecule has 4 aromatic rings. The zero-order chi connectivity index (χ0) is 32.1. The van der Waals surface area contributed by atoms with E-state index >= 15 is 0 Å². The van der Waals surface area contributed by atoms with E-state index < -0.39 is 12.4 Å². The van der Waals surface area contributed by atoms with Gasteiger partial charge in [0.15, 0.2) is 11.0 Å². The summed E-state index contributed by atoms with van der Waals surface area (Å²) in [5.74, 6) is 1.36. The van der Waals surface area contributed by atoms with Crippen LogP contribution in [-0.2, 0) is 0 Å². The monoisotopic (exact) mass is 634 g/mol. The molecular formula is C33H33F3N6O2S. The average Bonchev–Trinajstić information content (AvgIpc) is 3.47. The number of halogens is 3. The molecule has 12 heteroatoms. The second-order valence-electron chi connectivity index (χ2n) is 10.9. The van der Waals surface area contributed by atoms with Crippen LogP contribution in [0.1, 0.15) is 49.8 Å². The number of thioether (sulfide) groups is 1. The molecule has 0 radical (unpaired) electrons. The first-order chi connectivity index (χ1) is 21.5. The fraction of sp³-hybridized carbons (Fsp3) is 0.273. The molecule has 234 valence electrons. The summed E-state index contributed by atoms with van der Waals surface area (Å²) in [6.45, 7) is 8.57. The number of aliphatic imine (C=N–C) groups is 1. The summed E-state index contributed by atoms with van der Waals surface area (Å²) < 4.78 is 42.6. The van der Waals surface area contributed by atoms with Gasteiger partial charge < -0.3 is 15.0 Å². The average molecular weight is 635 g/mol. The van der Waals surface area contributed by atoms with Crippen molar-refractivity contribution in [3.63, 3.8) is 0 Å². The molecule has 1 N–H and O–H groups in total. The number of ether oxygens (including phenoxy) is 1. The Morgan fingerprint density at radius 3 is 2.53 bits per heavy atom. The molecule has 1 atom stereocenters. The molecule has 0 bridgehead atoms. The molecule has 5 rings (SSSR count). The molecule has 1 aliphatic rings. The molecule has 0 spiro atoms. The van der Waals surface area contributed by atoms with E-state index in [0.717, 1.165) is 34.6 Å². The molecule has 45 heavy (non-hydrogen) atoms. The summed E-state index contributed by atoms with van der Waals surface area (Å²) in [5.41, 5.74) is 5.60. The molecule has 1 fully saturated rings. The number of anilines is 1. The predicted octanol–water partition coefficient (Wildman–Crippen LogP) is 8.33. The van der Waals surface area contributed by atoms with Gasteiger partial charge in [0.25, 0.3) is 0 Å². The minimum absolute atomic E-state index is 0.213. The van der Waals surface area contributed by atoms with Crippen LogP contribution < -0.4 is 15.0 Å². The first-order valence-electron chi connectivity index (χ1n) is 14.4. The lowest BCUT2D eigenvalue weighted by molar-refractivity contribution is -0.274. The van der Waals surface area contributed by atoms with E-state index in [-0.39, 0.29) is 11.8 Å². The van der Waals surface area contributed by atoms with Crippen molar-refractivity contribution in [3.05, 3.63) is 95.9 Å². The number of amides is 2. The van der Waals surface area contributed by atoms with Crippen molar-refractivity contribution in [3.8, 4) is 22.8 Å². The highest BCUT2D eigenvalue weighted by Gasteiger charge is 2.31. The minimum Gasteiger partial charge on any atom is -0.406 e. The first kappa shape index (κ1) is 31.8. The van der Waals surface area contributed by atoms with Crippen LogP contribution >= 0.6 is 11.8 Å². The Kier molecular flexibility index (Phi) is 9.62. The van der Waals surface area contributed by atoms with Gasteiger partial charge in [-0.1, -0.05) is 62.0 Å². The second kappa shape index (κ2) is 13.6.